The van der Waals surface area contributed by atoms with Crippen LogP contribution in [0.15, 0.2) is 36.9 Å². The third kappa shape index (κ3) is 2.42. The van der Waals surface area contributed by atoms with Gasteiger partial charge in [0.25, 0.3) is 0 Å². The number of fused-ring (bicyclic) bond motifs is 2. The van der Waals surface area contributed by atoms with Crippen LogP contribution in [0, 0.1) is 11.3 Å². The zero-order valence-electron chi connectivity index (χ0n) is 14.0. The first-order valence-corrected chi connectivity index (χ1v) is 8.56. The molecule has 4 heterocycles. The molecule has 126 valence electrons. The molecule has 1 aromatic heterocycles. The molecule has 1 saturated heterocycles. The Morgan fingerprint density at radius 2 is 2.12 bits per heavy atom. The number of anilines is 2. The highest BCUT2D eigenvalue weighted by molar-refractivity contribution is 5.91. The molecule has 0 aliphatic carbocycles. The van der Waals surface area contributed by atoms with E-state index in [2.05, 4.69) is 22.5 Å². The minimum atomic E-state index is 0.309. The molecule has 1 fully saturated rings. The molecule has 25 heavy (non-hydrogen) atoms. The van der Waals surface area contributed by atoms with E-state index in [-0.39, 0.29) is 0 Å². The predicted molar refractivity (Wildman–Crippen MR) is 98.7 cm³/mol. The predicted octanol–water partition coefficient (Wildman–Crippen LogP) is 3.46. The van der Waals surface area contributed by atoms with Crippen molar-refractivity contribution in [1.29, 1.82) is 5.26 Å². The summed E-state index contributed by atoms with van der Waals surface area (Å²) >= 11 is 0. The number of pyridine rings is 1. The minimum Gasteiger partial charge on any atom is -0.489 e. The third-order valence-electron chi connectivity index (χ3n) is 5.05. The molecular weight excluding hydrogens is 312 g/mol. The first kappa shape index (κ1) is 15.5. The SMILES string of the molecule is C=CCOc1ccccc1-c1c(C#N)c(N)nc2c1N1CCC2CC1. The van der Waals surface area contributed by atoms with Gasteiger partial charge in [0.15, 0.2) is 0 Å². The number of aromatic nitrogens is 1. The molecule has 2 bridgehead atoms. The molecule has 0 spiro atoms. The van der Waals surface area contributed by atoms with E-state index in [0.29, 0.717) is 23.9 Å². The van der Waals surface area contributed by atoms with Gasteiger partial charge in [0, 0.05) is 30.1 Å². The number of para-hydroxylation sites is 1. The lowest BCUT2D eigenvalue weighted by atomic mass is 9.82. The first-order chi connectivity index (χ1) is 12.2. The quantitative estimate of drug-likeness (QED) is 0.868. The van der Waals surface area contributed by atoms with Crippen LogP contribution in [0.1, 0.15) is 30.0 Å². The Morgan fingerprint density at radius 3 is 2.84 bits per heavy atom. The van der Waals surface area contributed by atoms with Crippen LogP contribution in [0.4, 0.5) is 11.5 Å². The Labute approximate surface area is 147 Å². The highest BCUT2D eigenvalue weighted by atomic mass is 16.5. The first-order valence-electron chi connectivity index (χ1n) is 8.56. The number of nitrogens with zero attached hydrogens (tertiary/aromatic N) is 3. The molecule has 2 N–H and O–H groups in total. The average molecular weight is 332 g/mol. The minimum absolute atomic E-state index is 0.309. The number of piperidine rings is 1. The zero-order valence-corrected chi connectivity index (χ0v) is 14.0. The van der Waals surface area contributed by atoms with E-state index in [4.69, 9.17) is 10.5 Å². The number of nitriles is 1. The third-order valence-corrected chi connectivity index (χ3v) is 5.05. The van der Waals surface area contributed by atoms with Crippen LogP contribution in [0.25, 0.3) is 11.1 Å². The largest absolute Gasteiger partial charge is 0.489 e. The lowest BCUT2D eigenvalue weighted by molar-refractivity contribution is 0.364. The Bertz CT molecular complexity index is 876. The van der Waals surface area contributed by atoms with Gasteiger partial charge in [0.2, 0.25) is 0 Å². The number of ether oxygens (including phenoxy) is 1. The Hall–Kier alpha value is -3.00. The molecule has 5 nitrogen and oxygen atoms in total. The second-order valence-corrected chi connectivity index (χ2v) is 6.45. The fraction of sp³-hybridized carbons (Fsp3) is 0.300. The van der Waals surface area contributed by atoms with Crippen LogP contribution in [-0.2, 0) is 0 Å². The van der Waals surface area contributed by atoms with Gasteiger partial charge in [0.05, 0.1) is 11.4 Å². The van der Waals surface area contributed by atoms with Crippen molar-refractivity contribution in [1.82, 2.24) is 4.98 Å². The number of hydrogen-bond acceptors (Lipinski definition) is 5. The summed E-state index contributed by atoms with van der Waals surface area (Å²) in [7, 11) is 0. The molecule has 5 rings (SSSR count). The number of nitrogens with two attached hydrogens (primary N) is 1. The van der Waals surface area contributed by atoms with Gasteiger partial charge in [-0.15, -0.1) is 0 Å². The second-order valence-electron chi connectivity index (χ2n) is 6.45. The maximum absolute atomic E-state index is 9.75. The molecule has 0 atom stereocenters. The van der Waals surface area contributed by atoms with Crippen molar-refractivity contribution in [3.8, 4) is 22.9 Å². The van der Waals surface area contributed by atoms with Crippen LogP contribution in [0.2, 0.25) is 0 Å². The second kappa shape index (κ2) is 6.14. The fourth-order valence-electron chi connectivity index (χ4n) is 3.92. The summed E-state index contributed by atoms with van der Waals surface area (Å²) in [4.78, 5) is 6.94. The molecule has 0 radical (unpaired) electrons. The van der Waals surface area contributed by atoms with E-state index in [1.807, 2.05) is 24.3 Å². The van der Waals surface area contributed by atoms with Crippen LogP contribution >= 0.6 is 0 Å². The van der Waals surface area contributed by atoms with Crippen molar-refractivity contribution in [2.45, 2.75) is 18.8 Å². The summed E-state index contributed by atoms with van der Waals surface area (Å²) < 4.78 is 5.84. The highest BCUT2D eigenvalue weighted by Crippen LogP contribution is 2.49. The monoisotopic (exact) mass is 332 g/mol. The topological polar surface area (TPSA) is 75.2 Å². The fourth-order valence-corrected chi connectivity index (χ4v) is 3.92. The van der Waals surface area contributed by atoms with E-state index >= 15 is 0 Å². The summed E-state index contributed by atoms with van der Waals surface area (Å²) in [5.41, 5.74) is 10.4. The summed E-state index contributed by atoms with van der Waals surface area (Å²) in [6.07, 6.45) is 3.91. The van der Waals surface area contributed by atoms with Gasteiger partial charge < -0.3 is 15.4 Å². The van der Waals surface area contributed by atoms with Gasteiger partial charge in [0.1, 0.15) is 29.8 Å². The normalized spacial score (nSPS) is 15.6. The van der Waals surface area contributed by atoms with Crippen molar-refractivity contribution >= 4 is 11.5 Å². The van der Waals surface area contributed by atoms with Crippen molar-refractivity contribution in [2.24, 2.45) is 0 Å². The molecule has 2 aromatic rings. The molecule has 0 amide bonds. The van der Waals surface area contributed by atoms with E-state index in [1.54, 1.807) is 6.08 Å². The van der Waals surface area contributed by atoms with E-state index in [9.17, 15) is 5.26 Å². The van der Waals surface area contributed by atoms with Crippen molar-refractivity contribution in [2.75, 3.05) is 30.3 Å². The molecular formula is C20H20N4O. The Balaban J connectivity index is 2.00. The Kier molecular flexibility index (Phi) is 3.81. The summed E-state index contributed by atoms with van der Waals surface area (Å²) in [6.45, 7) is 6.12. The summed E-state index contributed by atoms with van der Waals surface area (Å²) in [6, 6.07) is 10.0. The van der Waals surface area contributed by atoms with Gasteiger partial charge in [-0.05, 0) is 18.9 Å². The maximum Gasteiger partial charge on any atom is 0.142 e. The van der Waals surface area contributed by atoms with E-state index in [0.717, 1.165) is 54.2 Å². The van der Waals surface area contributed by atoms with E-state index < -0.39 is 0 Å². The van der Waals surface area contributed by atoms with Crippen LogP contribution in [0.3, 0.4) is 0 Å². The van der Waals surface area contributed by atoms with Gasteiger partial charge in [-0.2, -0.15) is 5.26 Å². The van der Waals surface area contributed by atoms with Crippen molar-refractivity contribution in [3.63, 3.8) is 0 Å². The number of benzene rings is 1. The molecule has 0 saturated carbocycles. The molecule has 5 heteroatoms. The van der Waals surface area contributed by atoms with Crippen molar-refractivity contribution < 1.29 is 4.74 Å². The molecule has 1 aromatic carbocycles. The zero-order chi connectivity index (χ0) is 17.4. The maximum atomic E-state index is 9.75. The van der Waals surface area contributed by atoms with Crippen LogP contribution in [0.5, 0.6) is 5.75 Å². The number of hydrogen-bond donors (Lipinski definition) is 1. The van der Waals surface area contributed by atoms with Crippen molar-refractivity contribution in [3.05, 3.63) is 48.2 Å². The summed E-state index contributed by atoms with van der Waals surface area (Å²) in [5, 5.41) is 9.75. The van der Waals surface area contributed by atoms with Crippen LogP contribution < -0.4 is 15.4 Å². The van der Waals surface area contributed by atoms with Gasteiger partial charge in [-0.1, -0.05) is 30.9 Å². The molecule has 0 unspecified atom stereocenters. The number of rotatable bonds is 4. The smallest absolute Gasteiger partial charge is 0.142 e. The Morgan fingerprint density at radius 1 is 1.36 bits per heavy atom. The van der Waals surface area contributed by atoms with Gasteiger partial charge in [-0.25, -0.2) is 4.98 Å². The van der Waals surface area contributed by atoms with Gasteiger partial charge in [-0.3, -0.25) is 0 Å². The van der Waals surface area contributed by atoms with Crippen LogP contribution in [-0.4, -0.2) is 24.7 Å². The standard InChI is InChI=1S/C20H20N4O/c1-2-11-25-16-6-4-3-5-14(16)17-15(12-21)20(22)23-18-13-7-9-24(10-8-13)19(17)18/h2-6,13H,1,7-11H2,(H2,22,23). The average Bonchev–Trinajstić information content (AvgIpc) is 2.66. The molecule has 3 aliphatic rings. The molecule has 3 aliphatic heterocycles. The lowest BCUT2D eigenvalue weighted by Gasteiger charge is -2.43. The lowest BCUT2D eigenvalue weighted by Crippen LogP contribution is -2.40. The van der Waals surface area contributed by atoms with E-state index in [1.165, 1.54) is 0 Å². The van der Waals surface area contributed by atoms with Gasteiger partial charge >= 0.3 is 0 Å². The summed E-state index contributed by atoms with van der Waals surface area (Å²) in [5.74, 6) is 1.47. The number of nitrogen functional groups attached to an aromatic ring is 1. The highest BCUT2D eigenvalue weighted by Gasteiger charge is 2.36.